The van der Waals surface area contributed by atoms with Crippen LogP contribution in [-0.2, 0) is 13.0 Å². The van der Waals surface area contributed by atoms with Gasteiger partial charge in [0, 0.05) is 24.0 Å². The van der Waals surface area contributed by atoms with E-state index in [2.05, 4.69) is 22.3 Å². The number of fused-ring (bicyclic) bond motifs is 1. The van der Waals surface area contributed by atoms with Crippen molar-refractivity contribution in [2.45, 2.75) is 26.8 Å². The van der Waals surface area contributed by atoms with Gasteiger partial charge in [-0.25, -0.2) is 0 Å². The maximum absolute atomic E-state index is 12.2. The number of thiophene rings is 1. The molecule has 2 amide bonds. The van der Waals surface area contributed by atoms with Gasteiger partial charge >= 0.3 is 0 Å². The van der Waals surface area contributed by atoms with Crippen LogP contribution < -0.4 is 11.1 Å². The largest absolute Gasteiger partial charge is 0.365 e. The van der Waals surface area contributed by atoms with E-state index in [0.29, 0.717) is 16.3 Å². The zero-order valence-corrected chi connectivity index (χ0v) is 13.8. The summed E-state index contributed by atoms with van der Waals surface area (Å²) in [5.41, 5.74) is 7.53. The normalized spacial score (nSPS) is 14.5. The van der Waals surface area contributed by atoms with Crippen molar-refractivity contribution in [3.63, 3.8) is 0 Å². The minimum atomic E-state index is -0.517. The first-order valence-corrected chi connectivity index (χ1v) is 8.22. The number of nitrogens with zero attached hydrogens (tertiary/aromatic N) is 2. The third-order valence-electron chi connectivity index (χ3n) is 3.91. The van der Waals surface area contributed by atoms with Crippen LogP contribution in [0.1, 0.15) is 44.0 Å². The number of hydrogen-bond donors (Lipinski definition) is 2. The molecule has 0 spiro atoms. The Labute approximate surface area is 137 Å². The number of likely N-dealkylation sites (N-methyl/N-ethyl adjacent to an activating group) is 1. The number of amides is 2. The number of primary amides is 1. The third kappa shape index (κ3) is 2.99. The van der Waals surface area contributed by atoms with Crippen molar-refractivity contribution in [2.75, 3.05) is 18.4 Å². The van der Waals surface area contributed by atoms with Crippen LogP contribution >= 0.6 is 11.3 Å². The molecule has 7 nitrogen and oxygen atoms in total. The van der Waals surface area contributed by atoms with Gasteiger partial charge < -0.3 is 15.6 Å². The van der Waals surface area contributed by atoms with Crippen molar-refractivity contribution in [1.29, 1.82) is 0 Å². The van der Waals surface area contributed by atoms with Gasteiger partial charge in [0.05, 0.1) is 11.3 Å². The molecule has 0 atom stereocenters. The average molecular weight is 334 g/mol. The molecule has 0 saturated heterocycles. The highest BCUT2D eigenvalue weighted by Gasteiger charge is 2.27. The van der Waals surface area contributed by atoms with Crippen LogP contribution in [0.15, 0.2) is 10.6 Å². The first kappa shape index (κ1) is 15.7. The molecule has 0 fully saturated rings. The molecular formula is C15H18N4O3S. The van der Waals surface area contributed by atoms with Gasteiger partial charge in [-0.2, -0.15) is 0 Å². The Morgan fingerprint density at radius 2 is 2.30 bits per heavy atom. The standard InChI is InChI=1S/C15H18N4O3S/c1-3-19-5-4-9-11(7-19)23-15(12(9)13(16)20)17-14(21)10-6-8(2)18-22-10/h6H,3-5,7H2,1-2H3,(H2,16,20)(H,17,21). The Balaban J connectivity index is 1.91. The average Bonchev–Trinajstić information content (AvgIpc) is 3.09. The molecule has 0 unspecified atom stereocenters. The van der Waals surface area contributed by atoms with Gasteiger partial charge in [0.2, 0.25) is 5.76 Å². The van der Waals surface area contributed by atoms with E-state index in [0.717, 1.165) is 36.5 Å². The molecule has 2 aromatic heterocycles. The number of carbonyl (C=O) groups is 2. The van der Waals surface area contributed by atoms with E-state index in [-0.39, 0.29) is 5.76 Å². The Kier molecular flexibility index (Phi) is 4.18. The summed E-state index contributed by atoms with van der Waals surface area (Å²) in [4.78, 5) is 27.5. The highest BCUT2D eigenvalue weighted by Crippen LogP contribution is 2.37. The molecule has 0 radical (unpaired) electrons. The van der Waals surface area contributed by atoms with Gasteiger partial charge in [0.1, 0.15) is 5.00 Å². The maximum Gasteiger partial charge on any atom is 0.294 e. The topological polar surface area (TPSA) is 101 Å². The highest BCUT2D eigenvalue weighted by molar-refractivity contribution is 7.17. The van der Waals surface area contributed by atoms with E-state index in [1.54, 1.807) is 13.0 Å². The SMILES string of the molecule is CCN1CCc2c(sc(NC(=O)c3cc(C)no3)c2C(N)=O)C1. The summed E-state index contributed by atoms with van der Waals surface area (Å²) in [6.07, 6.45) is 0.759. The van der Waals surface area contributed by atoms with Crippen LogP contribution in [0.4, 0.5) is 5.00 Å². The van der Waals surface area contributed by atoms with Crippen molar-refractivity contribution in [3.8, 4) is 0 Å². The van der Waals surface area contributed by atoms with E-state index in [9.17, 15) is 9.59 Å². The first-order chi connectivity index (χ1) is 11.0. The number of carbonyl (C=O) groups excluding carboxylic acids is 2. The Morgan fingerprint density at radius 1 is 1.52 bits per heavy atom. The lowest BCUT2D eigenvalue weighted by atomic mass is 10.0. The van der Waals surface area contributed by atoms with E-state index >= 15 is 0 Å². The second-order valence-corrected chi connectivity index (χ2v) is 6.58. The van der Waals surface area contributed by atoms with Gasteiger partial charge in [0.25, 0.3) is 11.8 Å². The Morgan fingerprint density at radius 3 is 2.91 bits per heavy atom. The summed E-state index contributed by atoms with van der Waals surface area (Å²) in [6.45, 7) is 6.44. The van der Waals surface area contributed by atoms with Crippen LogP contribution in [0.3, 0.4) is 0 Å². The van der Waals surface area contributed by atoms with Crippen molar-refractivity contribution < 1.29 is 14.1 Å². The van der Waals surface area contributed by atoms with Gasteiger partial charge in [0.15, 0.2) is 0 Å². The lowest BCUT2D eigenvalue weighted by Gasteiger charge is -2.25. The first-order valence-electron chi connectivity index (χ1n) is 7.41. The number of anilines is 1. The summed E-state index contributed by atoms with van der Waals surface area (Å²) in [5.74, 6) is -0.838. The van der Waals surface area contributed by atoms with Gasteiger partial charge in [-0.05, 0) is 25.5 Å². The van der Waals surface area contributed by atoms with Crippen molar-refractivity contribution in [3.05, 3.63) is 33.5 Å². The predicted octanol–water partition coefficient (Wildman–Crippen LogP) is 1.77. The Hall–Kier alpha value is -2.19. The maximum atomic E-state index is 12.2. The molecule has 2 aromatic rings. The molecule has 23 heavy (non-hydrogen) atoms. The molecule has 8 heteroatoms. The monoisotopic (exact) mass is 334 g/mol. The Bertz CT molecular complexity index is 765. The summed E-state index contributed by atoms with van der Waals surface area (Å²) in [6, 6.07) is 1.55. The van der Waals surface area contributed by atoms with Crippen LogP contribution in [0.5, 0.6) is 0 Å². The van der Waals surface area contributed by atoms with Crippen molar-refractivity contribution >= 4 is 28.2 Å². The minimum absolute atomic E-state index is 0.111. The molecule has 0 bridgehead atoms. The highest BCUT2D eigenvalue weighted by atomic mass is 32.1. The smallest absolute Gasteiger partial charge is 0.294 e. The summed E-state index contributed by atoms with van der Waals surface area (Å²) >= 11 is 1.40. The lowest BCUT2D eigenvalue weighted by Crippen LogP contribution is -2.30. The number of hydrogen-bond acceptors (Lipinski definition) is 6. The fraction of sp³-hybridized carbons (Fsp3) is 0.400. The number of nitrogens with one attached hydrogen (secondary N) is 1. The second-order valence-electron chi connectivity index (χ2n) is 5.48. The molecule has 3 N–H and O–H groups in total. The second kappa shape index (κ2) is 6.13. The zero-order chi connectivity index (χ0) is 16.6. The fourth-order valence-corrected chi connectivity index (χ4v) is 4.00. The van der Waals surface area contributed by atoms with E-state index in [4.69, 9.17) is 10.3 Å². The zero-order valence-electron chi connectivity index (χ0n) is 13.0. The van der Waals surface area contributed by atoms with Crippen molar-refractivity contribution in [2.24, 2.45) is 5.73 Å². The number of nitrogens with two attached hydrogens (primary N) is 1. The minimum Gasteiger partial charge on any atom is -0.365 e. The molecule has 1 aliphatic rings. The quantitative estimate of drug-likeness (QED) is 0.887. The number of aryl methyl sites for hydroxylation is 1. The lowest BCUT2D eigenvalue weighted by molar-refractivity contribution is 0.0988. The third-order valence-corrected chi connectivity index (χ3v) is 5.04. The van der Waals surface area contributed by atoms with Crippen LogP contribution in [0.25, 0.3) is 0 Å². The van der Waals surface area contributed by atoms with Crippen molar-refractivity contribution in [1.82, 2.24) is 10.1 Å². The van der Waals surface area contributed by atoms with Gasteiger partial charge in [-0.1, -0.05) is 12.1 Å². The molecule has 0 saturated carbocycles. The van der Waals surface area contributed by atoms with E-state index in [1.165, 1.54) is 11.3 Å². The summed E-state index contributed by atoms with van der Waals surface area (Å²) in [5, 5.41) is 6.92. The molecular weight excluding hydrogens is 316 g/mol. The summed E-state index contributed by atoms with van der Waals surface area (Å²) < 4.78 is 4.95. The molecule has 0 aliphatic carbocycles. The molecule has 122 valence electrons. The number of rotatable bonds is 4. The van der Waals surface area contributed by atoms with E-state index < -0.39 is 11.8 Å². The van der Waals surface area contributed by atoms with Gasteiger partial charge in [-0.15, -0.1) is 11.3 Å². The molecule has 0 aromatic carbocycles. The van der Waals surface area contributed by atoms with Gasteiger partial charge in [-0.3, -0.25) is 14.5 Å². The summed E-state index contributed by atoms with van der Waals surface area (Å²) in [7, 11) is 0. The molecule has 1 aliphatic heterocycles. The van der Waals surface area contributed by atoms with Crippen LogP contribution in [-0.4, -0.2) is 35.0 Å². The molecule has 3 heterocycles. The number of aromatic nitrogens is 1. The fourth-order valence-electron chi connectivity index (χ4n) is 2.71. The van der Waals surface area contributed by atoms with E-state index in [1.807, 2.05) is 0 Å². The van der Waals surface area contributed by atoms with Crippen LogP contribution in [0, 0.1) is 6.92 Å². The molecule has 3 rings (SSSR count). The van der Waals surface area contributed by atoms with Crippen LogP contribution in [0.2, 0.25) is 0 Å². The predicted molar refractivity (Wildman–Crippen MR) is 86.7 cm³/mol.